The van der Waals surface area contributed by atoms with Crippen molar-refractivity contribution in [3.8, 4) is 11.7 Å². The summed E-state index contributed by atoms with van der Waals surface area (Å²) in [6.45, 7) is 0. The van der Waals surface area contributed by atoms with Crippen LogP contribution >= 0.6 is 0 Å². The molecule has 11 heavy (non-hydrogen) atoms. The van der Waals surface area contributed by atoms with Crippen LogP contribution in [0.15, 0.2) is 26.0 Å². The van der Waals surface area contributed by atoms with Gasteiger partial charge in [0.05, 0.1) is 6.20 Å². The first-order valence-electron chi connectivity index (χ1n) is 2.83. The Kier molecular flexibility index (Phi) is 1.12. The Morgan fingerprint density at radius 2 is 2.45 bits per heavy atom. The second-order valence-corrected chi connectivity index (χ2v) is 1.79. The van der Waals surface area contributed by atoms with Crippen LogP contribution in [-0.4, -0.2) is 15.4 Å². The van der Waals surface area contributed by atoms with Crippen molar-refractivity contribution >= 4 is 0 Å². The van der Waals surface area contributed by atoms with Crippen molar-refractivity contribution in [3.05, 3.63) is 22.8 Å². The highest BCUT2D eigenvalue weighted by atomic mass is 16.5. The van der Waals surface area contributed by atoms with E-state index >= 15 is 0 Å². The number of rotatable bonds is 1. The third kappa shape index (κ3) is 0.936. The molecule has 2 aromatic rings. The molecule has 0 amide bonds. The van der Waals surface area contributed by atoms with Crippen molar-refractivity contribution < 1.29 is 8.94 Å². The Morgan fingerprint density at radius 3 is 3.00 bits per heavy atom. The lowest BCUT2D eigenvalue weighted by atomic mass is 10.5. The normalized spacial score (nSPS) is 10.2. The molecule has 56 valence electrons. The van der Waals surface area contributed by atoms with Crippen LogP contribution in [0.2, 0.25) is 0 Å². The molecule has 0 aliphatic heterocycles. The molecular formula is C5H3N3O3. The van der Waals surface area contributed by atoms with Gasteiger partial charge in [0.15, 0.2) is 0 Å². The van der Waals surface area contributed by atoms with E-state index in [9.17, 15) is 4.79 Å². The summed E-state index contributed by atoms with van der Waals surface area (Å²) in [5.74, 6) is -0.188. The van der Waals surface area contributed by atoms with Crippen molar-refractivity contribution in [1.82, 2.24) is 15.4 Å². The lowest BCUT2D eigenvalue weighted by Gasteiger charge is -1.78. The summed E-state index contributed by atoms with van der Waals surface area (Å²) in [5, 5.41) is 9.03. The van der Waals surface area contributed by atoms with Crippen molar-refractivity contribution in [2.24, 2.45) is 0 Å². The highest BCUT2D eigenvalue weighted by Gasteiger charge is 2.07. The molecule has 0 aliphatic carbocycles. The quantitative estimate of drug-likeness (QED) is 0.624. The number of aromatic nitrogens is 3. The molecule has 2 heterocycles. The summed E-state index contributed by atoms with van der Waals surface area (Å²) < 4.78 is 9.24. The van der Waals surface area contributed by atoms with Crippen LogP contribution in [-0.2, 0) is 0 Å². The molecule has 0 saturated carbocycles. The minimum absolute atomic E-state index is 0.104. The summed E-state index contributed by atoms with van der Waals surface area (Å²) >= 11 is 0. The lowest BCUT2D eigenvalue weighted by Crippen LogP contribution is -1.93. The lowest BCUT2D eigenvalue weighted by molar-refractivity contribution is 0.411. The Bertz CT molecular complexity index is 385. The maximum atomic E-state index is 10.4. The van der Waals surface area contributed by atoms with Crippen LogP contribution in [0, 0.1) is 0 Å². The largest absolute Gasteiger partial charge is 0.434 e. The van der Waals surface area contributed by atoms with Gasteiger partial charge in [-0.3, -0.25) is 0 Å². The topological polar surface area (TPSA) is 84.9 Å². The van der Waals surface area contributed by atoms with Crippen LogP contribution in [0.1, 0.15) is 0 Å². The van der Waals surface area contributed by atoms with E-state index in [-0.39, 0.29) is 5.89 Å². The molecule has 0 radical (unpaired) electrons. The monoisotopic (exact) mass is 153 g/mol. The number of hydrogen-bond acceptors (Lipinski definition) is 5. The maximum absolute atomic E-state index is 10.4. The van der Waals surface area contributed by atoms with Crippen LogP contribution in [0.3, 0.4) is 0 Å². The van der Waals surface area contributed by atoms with Gasteiger partial charge < -0.3 is 8.94 Å². The van der Waals surface area contributed by atoms with Crippen LogP contribution < -0.4 is 5.76 Å². The van der Waals surface area contributed by atoms with Gasteiger partial charge in [-0.05, 0) is 0 Å². The SMILES string of the molecule is O=c1[nH]nc(-c2ccno2)o1. The average molecular weight is 153 g/mol. The van der Waals surface area contributed by atoms with E-state index in [2.05, 4.69) is 24.3 Å². The second kappa shape index (κ2) is 2.08. The minimum Gasteiger partial charge on any atom is -0.384 e. The van der Waals surface area contributed by atoms with Gasteiger partial charge in [-0.2, -0.15) is 0 Å². The third-order valence-corrected chi connectivity index (χ3v) is 1.09. The molecule has 1 N–H and O–H groups in total. The number of H-pyrrole nitrogens is 1. The molecule has 2 aromatic heterocycles. The van der Waals surface area contributed by atoms with Crippen LogP contribution in [0.4, 0.5) is 0 Å². The summed E-state index contributed by atoms with van der Waals surface area (Å²) in [7, 11) is 0. The number of nitrogens with one attached hydrogen (secondary N) is 1. The van der Waals surface area contributed by atoms with Crippen molar-refractivity contribution in [1.29, 1.82) is 0 Å². The van der Waals surface area contributed by atoms with E-state index in [1.54, 1.807) is 6.07 Å². The molecule has 0 atom stereocenters. The van der Waals surface area contributed by atoms with Gasteiger partial charge in [-0.15, -0.1) is 5.10 Å². The zero-order valence-corrected chi connectivity index (χ0v) is 5.27. The van der Waals surface area contributed by atoms with E-state index in [0.717, 1.165) is 0 Å². The fourth-order valence-corrected chi connectivity index (χ4v) is 0.661. The highest BCUT2D eigenvalue weighted by Crippen LogP contribution is 2.11. The van der Waals surface area contributed by atoms with E-state index in [1.165, 1.54) is 6.20 Å². The molecule has 0 aromatic carbocycles. The Labute approximate surface area is 59.8 Å². The predicted octanol–water partition coefficient (Wildman–Crippen LogP) is 0.0179. The molecule has 6 nitrogen and oxygen atoms in total. The Balaban J connectivity index is 2.53. The van der Waals surface area contributed by atoms with Gasteiger partial charge >= 0.3 is 5.76 Å². The predicted molar refractivity (Wildman–Crippen MR) is 32.6 cm³/mol. The Hall–Kier alpha value is -1.85. The van der Waals surface area contributed by atoms with E-state index in [4.69, 9.17) is 0 Å². The minimum atomic E-state index is -0.614. The van der Waals surface area contributed by atoms with Gasteiger partial charge in [0.2, 0.25) is 5.76 Å². The highest BCUT2D eigenvalue weighted by molar-refractivity contribution is 5.40. The van der Waals surface area contributed by atoms with Gasteiger partial charge in [-0.1, -0.05) is 5.16 Å². The van der Waals surface area contributed by atoms with Gasteiger partial charge in [0.25, 0.3) is 5.89 Å². The van der Waals surface area contributed by atoms with E-state index in [1.807, 2.05) is 0 Å². The van der Waals surface area contributed by atoms with Gasteiger partial charge in [-0.25, -0.2) is 9.89 Å². The van der Waals surface area contributed by atoms with Crippen LogP contribution in [0.25, 0.3) is 11.7 Å². The average Bonchev–Trinajstić information content (AvgIpc) is 2.55. The molecule has 6 heteroatoms. The molecular weight excluding hydrogens is 150 g/mol. The zero-order chi connectivity index (χ0) is 7.68. The van der Waals surface area contributed by atoms with Gasteiger partial charge in [0, 0.05) is 6.07 Å². The number of nitrogens with zero attached hydrogens (tertiary/aromatic N) is 2. The summed E-state index contributed by atoms with van der Waals surface area (Å²) in [6.07, 6.45) is 1.43. The van der Waals surface area contributed by atoms with E-state index in [0.29, 0.717) is 5.76 Å². The van der Waals surface area contributed by atoms with E-state index < -0.39 is 5.76 Å². The first kappa shape index (κ1) is 5.90. The smallest absolute Gasteiger partial charge is 0.384 e. The summed E-state index contributed by atoms with van der Waals surface area (Å²) in [4.78, 5) is 10.4. The molecule has 0 bridgehead atoms. The molecule has 0 unspecified atom stereocenters. The molecule has 0 aliphatic rings. The van der Waals surface area contributed by atoms with Crippen molar-refractivity contribution in [3.63, 3.8) is 0 Å². The third-order valence-electron chi connectivity index (χ3n) is 1.09. The maximum Gasteiger partial charge on any atom is 0.434 e. The van der Waals surface area contributed by atoms with Crippen molar-refractivity contribution in [2.45, 2.75) is 0 Å². The first-order valence-corrected chi connectivity index (χ1v) is 2.83. The first-order chi connectivity index (χ1) is 5.36. The second-order valence-electron chi connectivity index (χ2n) is 1.79. The van der Waals surface area contributed by atoms with Crippen molar-refractivity contribution in [2.75, 3.05) is 0 Å². The summed E-state index contributed by atoms with van der Waals surface area (Å²) in [5.41, 5.74) is 0. The van der Waals surface area contributed by atoms with Crippen LogP contribution in [0.5, 0.6) is 0 Å². The fourth-order valence-electron chi connectivity index (χ4n) is 0.661. The molecule has 2 rings (SSSR count). The molecule has 0 fully saturated rings. The number of aromatic amines is 1. The summed E-state index contributed by atoms with van der Waals surface area (Å²) in [6, 6.07) is 1.54. The fraction of sp³-hybridized carbons (Fsp3) is 0. The zero-order valence-electron chi connectivity index (χ0n) is 5.27. The molecule has 0 saturated heterocycles. The van der Waals surface area contributed by atoms with Gasteiger partial charge in [0.1, 0.15) is 0 Å². The number of hydrogen-bond donors (Lipinski definition) is 1. The molecule has 0 spiro atoms. The Morgan fingerprint density at radius 1 is 1.55 bits per heavy atom. The standard InChI is InChI=1S/C5H3N3O3/c9-5-8-7-4(10-5)3-1-2-6-11-3/h1-2H,(H,8,9).